The second-order valence-electron chi connectivity index (χ2n) is 6.67. The molecule has 1 aliphatic carbocycles. The summed E-state index contributed by atoms with van der Waals surface area (Å²) in [5.74, 6) is -0.408. The van der Waals surface area contributed by atoms with Gasteiger partial charge in [0.2, 0.25) is 0 Å². The molecule has 0 bridgehead atoms. The van der Waals surface area contributed by atoms with Crippen molar-refractivity contribution in [1.82, 2.24) is 15.3 Å². The van der Waals surface area contributed by atoms with Gasteiger partial charge in [0.25, 0.3) is 11.5 Å². The lowest BCUT2D eigenvalue weighted by Crippen LogP contribution is -2.38. The summed E-state index contributed by atoms with van der Waals surface area (Å²) in [6, 6.07) is 0. The van der Waals surface area contributed by atoms with Gasteiger partial charge in [-0.25, -0.2) is 4.98 Å². The molecule has 0 spiro atoms. The van der Waals surface area contributed by atoms with Crippen LogP contribution in [0.4, 0.5) is 0 Å². The SMILES string of the molecule is Cc1nc(C(=O)NCC(C)(C)C2=CCCCC2)c(=O)[nH]c1C. The smallest absolute Gasteiger partial charge is 0.279 e. The fourth-order valence-electron chi connectivity index (χ4n) is 2.73. The van der Waals surface area contributed by atoms with Crippen molar-refractivity contribution in [2.24, 2.45) is 5.41 Å². The van der Waals surface area contributed by atoms with E-state index in [4.69, 9.17) is 0 Å². The largest absolute Gasteiger partial charge is 0.350 e. The Kier molecular flexibility index (Phi) is 4.84. The lowest BCUT2D eigenvalue weighted by Gasteiger charge is -2.30. The van der Waals surface area contributed by atoms with E-state index in [0.29, 0.717) is 17.9 Å². The number of allylic oxidation sites excluding steroid dienone is 1. The third-order valence-electron chi connectivity index (χ3n) is 4.40. The van der Waals surface area contributed by atoms with Gasteiger partial charge in [0, 0.05) is 17.7 Å². The van der Waals surface area contributed by atoms with Crippen molar-refractivity contribution in [2.45, 2.75) is 53.4 Å². The molecular weight excluding hydrogens is 278 g/mol. The highest BCUT2D eigenvalue weighted by molar-refractivity contribution is 5.91. The average molecular weight is 303 g/mol. The highest BCUT2D eigenvalue weighted by Gasteiger charge is 2.25. The lowest BCUT2D eigenvalue weighted by molar-refractivity contribution is 0.0934. The molecular formula is C17H25N3O2. The number of hydrogen-bond acceptors (Lipinski definition) is 3. The number of nitrogens with one attached hydrogen (secondary N) is 2. The Hall–Kier alpha value is -1.91. The molecule has 0 fully saturated rings. The van der Waals surface area contributed by atoms with E-state index in [1.165, 1.54) is 18.4 Å². The van der Waals surface area contributed by atoms with Gasteiger partial charge in [-0.3, -0.25) is 9.59 Å². The van der Waals surface area contributed by atoms with Crippen molar-refractivity contribution in [3.8, 4) is 0 Å². The monoisotopic (exact) mass is 303 g/mol. The third-order valence-corrected chi connectivity index (χ3v) is 4.40. The average Bonchev–Trinajstić information content (AvgIpc) is 2.49. The predicted octanol–water partition coefficient (Wildman–Crippen LogP) is 2.64. The van der Waals surface area contributed by atoms with Gasteiger partial charge in [0.15, 0.2) is 5.69 Å². The molecule has 1 amide bonds. The van der Waals surface area contributed by atoms with Gasteiger partial charge in [-0.1, -0.05) is 25.5 Å². The minimum Gasteiger partial charge on any atom is -0.350 e. The van der Waals surface area contributed by atoms with Crippen LogP contribution in [0, 0.1) is 19.3 Å². The normalized spacial score (nSPS) is 15.4. The summed E-state index contributed by atoms with van der Waals surface area (Å²) in [6.07, 6.45) is 6.95. The Morgan fingerprint density at radius 2 is 2.09 bits per heavy atom. The van der Waals surface area contributed by atoms with Crippen molar-refractivity contribution >= 4 is 5.91 Å². The number of carbonyl (C=O) groups is 1. The van der Waals surface area contributed by atoms with E-state index in [1.54, 1.807) is 13.8 Å². The fourth-order valence-corrected chi connectivity index (χ4v) is 2.73. The number of nitrogens with zero attached hydrogens (tertiary/aromatic N) is 1. The number of hydrogen-bond donors (Lipinski definition) is 2. The Bertz CT molecular complexity index is 656. The van der Waals surface area contributed by atoms with Crippen molar-refractivity contribution in [3.63, 3.8) is 0 Å². The van der Waals surface area contributed by atoms with Gasteiger partial charge in [-0.15, -0.1) is 0 Å². The lowest BCUT2D eigenvalue weighted by atomic mass is 9.78. The van der Waals surface area contributed by atoms with Gasteiger partial charge in [-0.05, 0) is 39.5 Å². The summed E-state index contributed by atoms with van der Waals surface area (Å²) in [4.78, 5) is 30.9. The maximum absolute atomic E-state index is 12.2. The number of aromatic nitrogens is 2. The highest BCUT2D eigenvalue weighted by Crippen LogP contribution is 2.33. The standard InChI is InChI=1S/C17H25N3O2/c1-11-12(2)20-16(22)14(19-11)15(21)18-10-17(3,4)13-8-6-5-7-9-13/h8H,5-7,9-10H2,1-4H3,(H,18,21)(H,20,22). The molecule has 1 aliphatic rings. The third kappa shape index (κ3) is 3.64. The number of aryl methyl sites for hydroxylation is 2. The van der Waals surface area contributed by atoms with Gasteiger partial charge in [0.1, 0.15) is 0 Å². The molecule has 2 rings (SSSR count). The molecule has 0 atom stereocenters. The number of carbonyl (C=O) groups excluding carboxylic acids is 1. The van der Waals surface area contributed by atoms with Crippen molar-refractivity contribution in [1.29, 1.82) is 0 Å². The van der Waals surface area contributed by atoms with Gasteiger partial charge in [-0.2, -0.15) is 0 Å². The van der Waals surface area contributed by atoms with E-state index in [-0.39, 0.29) is 11.1 Å². The molecule has 0 saturated carbocycles. The van der Waals surface area contributed by atoms with Crippen LogP contribution in [0.2, 0.25) is 0 Å². The first-order valence-corrected chi connectivity index (χ1v) is 7.86. The summed E-state index contributed by atoms with van der Waals surface area (Å²) >= 11 is 0. The zero-order valence-corrected chi connectivity index (χ0v) is 13.9. The van der Waals surface area contributed by atoms with Gasteiger partial charge < -0.3 is 10.3 Å². The molecule has 1 heterocycles. The quantitative estimate of drug-likeness (QED) is 0.840. The summed E-state index contributed by atoms with van der Waals surface area (Å²) in [7, 11) is 0. The topological polar surface area (TPSA) is 74.8 Å². The van der Waals surface area contributed by atoms with Gasteiger partial charge >= 0.3 is 0 Å². The second-order valence-corrected chi connectivity index (χ2v) is 6.67. The molecule has 2 N–H and O–H groups in total. The summed E-state index contributed by atoms with van der Waals surface area (Å²) in [5.41, 5.74) is 2.16. The Morgan fingerprint density at radius 3 is 2.73 bits per heavy atom. The summed E-state index contributed by atoms with van der Waals surface area (Å²) in [6.45, 7) is 8.31. The maximum atomic E-state index is 12.2. The maximum Gasteiger partial charge on any atom is 0.279 e. The predicted molar refractivity (Wildman–Crippen MR) is 87.0 cm³/mol. The summed E-state index contributed by atoms with van der Waals surface area (Å²) in [5, 5.41) is 2.86. The molecule has 0 radical (unpaired) electrons. The van der Waals surface area contributed by atoms with Crippen molar-refractivity contribution in [3.05, 3.63) is 39.1 Å². The molecule has 0 saturated heterocycles. The second kappa shape index (κ2) is 6.46. The number of aromatic amines is 1. The van der Waals surface area contributed by atoms with Gasteiger partial charge in [0.05, 0.1) is 5.69 Å². The molecule has 1 aromatic rings. The Morgan fingerprint density at radius 1 is 1.36 bits per heavy atom. The summed E-state index contributed by atoms with van der Waals surface area (Å²) < 4.78 is 0. The Balaban J connectivity index is 2.08. The van der Waals surface area contributed by atoms with E-state index in [1.807, 2.05) is 0 Å². The van der Waals surface area contributed by atoms with E-state index >= 15 is 0 Å². The number of rotatable bonds is 4. The van der Waals surface area contributed by atoms with Crippen LogP contribution in [-0.2, 0) is 0 Å². The highest BCUT2D eigenvalue weighted by atomic mass is 16.2. The molecule has 1 aromatic heterocycles. The van der Waals surface area contributed by atoms with Crippen LogP contribution < -0.4 is 10.9 Å². The fraction of sp³-hybridized carbons (Fsp3) is 0.588. The molecule has 120 valence electrons. The zero-order valence-electron chi connectivity index (χ0n) is 13.9. The molecule has 0 aromatic carbocycles. The van der Waals surface area contributed by atoms with Crippen molar-refractivity contribution in [2.75, 3.05) is 6.54 Å². The minimum atomic E-state index is -0.435. The molecule has 0 unspecified atom stereocenters. The van der Waals surface area contributed by atoms with E-state index in [9.17, 15) is 9.59 Å². The first-order chi connectivity index (χ1) is 10.3. The zero-order chi connectivity index (χ0) is 16.3. The van der Waals surface area contributed by atoms with E-state index in [0.717, 1.165) is 12.8 Å². The first kappa shape index (κ1) is 16.5. The molecule has 5 heteroatoms. The molecule has 22 heavy (non-hydrogen) atoms. The van der Waals surface area contributed by atoms with Crippen LogP contribution in [-0.4, -0.2) is 22.4 Å². The van der Waals surface area contributed by atoms with Crippen molar-refractivity contribution < 1.29 is 4.79 Å². The number of amides is 1. The Labute approximate surface area is 131 Å². The van der Waals surface area contributed by atoms with E-state index < -0.39 is 11.5 Å². The van der Waals surface area contributed by atoms with Crippen LogP contribution in [0.5, 0.6) is 0 Å². The molecule has 5 nitrogen and oxygen atoms in total. The van der Waals surface area contributed by atoms with Crippen LogP contribution >= 0.6 is 0 Å². The van der Waals surface area contributed by atoms with Crippen LogP contribution in [0.3, 0.4) is 0 Å². The van der Waals surface area contributed by atoms with Crippen LogP contribution in [0.1, 0.15) is 61.4 Å². The van der Waals surface area contributed by atoms with Crippen LogP contribution in [0.25, 0.3) is 0 Å². The molecule has 0 aliphatic heterocycles. The van der Waals surface area contributed by atoms with Crippen LogP contribution in [0.15, 0.2) is 16.4 Å². The minimum absolute atomic E-state index is 0.0588. The number of H-pyrrole nitrogens is 1. The van der Waals surface area contributed by atoms with E-state index in [2.05, 4.69) is 35.2 Å². The first-order valence-electron chi connectivity index (χ1n) is 7.86.